The Morgan fingerprint density at radius 2 is 1.46 bits per heavy atom. The highest BCUT2D eigenvalue weighted by Crippen LogP contribution is 2.39. The molecule has 7 nitrogen and oxygen atoms in total. The number of aliphatic hydroxyl groups is 1. The van der Waals surface area contributed by atoms with Gasteiger partial charge < -0.3 is 20.1 Å². The fourth-order valence-electron chi connectivity index (χ4n) is 5.01. The average molecular weight is 534 g/mol. The van der Waals surface area contributed by atoms with Crippen molar-refractivity contribution in [3.8, 4) is 5.75 Å². The number of sulfonamides is 1. The van der Waals surface area contributed by atoms with E-state index in [-0.39, 0.29) is 11.4 Å². The molecular weight excluding hydrogens is 507 g/mol. The molecule has 3 aromatic rings. The predicted octanol–water partition coefficient (Wildman–Crippen LogP) is 3.50. The number of piperidine rings is 1. The van der Waals surface area contributed by atoms with Crippen LogP contribution in [0.3, 0.4) is 0 Å². The average Bonchev–Trinajstić information content (AvgIpc) is 3.02. The monoisotopic (exact) mass is 533 g/mol. The Hall–Kier alpha value is -3.12. The number of halogens is 3. The number of aryl methyl sites for hydroxylation is 2. The normalized spacial score (nSPS) is 22.1. The SMILES string of the molecule is O=S(=O)(N[C@@H]1CNCC(N2c3ccccc3CCc3ccccc32)[C@H]1O)c1ccc(OC(F)(F)F)cc1. The first kappa shape index (κ1) is 25.5. The predicted molar refractivity (Wildman–Crippen MR) is 132 cm³/mol. The van der Waals surface area contributed by atoms with Crippen LogP contribution in [0.15, 0.2) is 77.7 Å². The molecule has 0 radical (unpaired) electrons. The highest BCUT2D eigenvalue weighted by Gasteiger charge is 2.40. The molecule has 0 aromatic heterocycles. The van der Waals surface area contributed by atoms with Crippen molar-refractivity contribution in [2.24, 2.45) is 0 Å². The molecule has 2 heterocycles. The molecule has 11 heteroatoms. The number of hydrogen-bond donors (Lipinski definition) is 3. The van der Waals surface area contributed by atoms with Crippen LogP contribution < -0.4 is 19.7 Å². The fraction of sp³-hybridized carbons (Fsp3) is 0.308. The summed E-state index contributed by atoms with van der Waals surface area (Å²) in [6, 6.07) is 18.5. The van der Waals surface area contributed by atoms with E-state index in [0.29, 0.717) is 6.54 Å². The molecule has 196 valence electrons. The molecule has 3 N–H and O–H groups in total. The summed E-state index contributed by atoms with van der Waals surface area (Å²) >= 11 is 0. The number of alkyl halides is 3. The molecule has 37 heavy (non-hydrogen) atoms. The molecule has 2 aliphatic heterocycles. The molecular formula is C26H26F3N3O4S. The van der Waals surface area contributed by atoms with Crippen molar-refractivity contribution < 1.29 is 31.4 Å². The number of rotatable bonds is 5. The summed E-state index contributed by atoms with van der Waals surface area (Å²) in [6.07, 6.45) is -4.28. The minimum atomic E-state index is -4.88. The van der Waals surface area contributed by atoms with Gasteiger partial charge in [0, 0.05) is 24.5 Å². The van der Waals surface area contributed by atoms with Gasteiger partial charge in [-0.2, -0.15) is 0 Å². The van der Waals surface area contributed by atoms with Crippen LogP contribution in [0.1, 0.15) is 11.1 Å². The number of nitrogens with one attached hydrogen (secondary N) is 2. The van der Waals surface area contributed by atoms with Crippen LogP contribution in [0.5, 0.6) is 5.75 Å². The van der Waals surface area contributed by atoms with Gasteiger partial charge in [-0.15, -0.1) is 13.2 Å². The van der Waals surface area contributed by atoms with Gasteiger partial charge >= 0.3 is 6.36 Å². The van der Waals surface area contributed by atoms with Crippen molar-refractivity contribution in [2.75, 3.05) is 18.0 Å². The van der Waals surface area contributed by atoms with Gasteiger partial charge in [0.15, 0.2) is 0 Å². The van der Waals surface area contributed by atoms with E-state index in [0.717, 1.165) is 59.6 Å². The van der Waals surface area contributed by atoms with Crippen LogP contribution in [0.4, 0.5) is 24.5 Å². The Bertz CT molecular complexity index is 1320. The Morgan fingerprint density at radius 1 is 0.892 bits per heavy atom. The maximum absolute atomic E-state index is 13.1. The van der Waals surface area contributed by atoms with Crippen LogP contribution >= 0.6 is 0 Å². The first-order valence-electron chi connectivity index (χ1n) is 11.8. The van der Waals surface area contributed by atoms with Crippen molar-refractivity contribution in [3.63, 3.8) is 0 Å². The molecule has 3 atom stereocenters. The second-order valence-corrected chi connectivity index (χ2v) is 10.8. The number of benzene rings is 3. The molecule has 3 aromatic carbocycles. The summed E-state index contributed by atoms with van der Waals surface area (Å²) in [7, 11) is -4.14. The van der Waals surface area contributed by atoms with Gasteiger partial charge in [-0.05, 0) is 60.4 Å². The van der Waals surface area contributed by atoms with Crippen LogP contribution in [0, 0.1) is 0 Å². The number of hydrogen-bond acceptors (Lipinski definition) is 6. The van der Waals surface area contributed by atoms with Gasteiger partial charge in [0.05, 0.1) is 23.1 Å². The first-order chi connectivity index (χ1) is 17.6. The lowest BCUT2D eigenvalue weighted by Gasteiger charge is -2.43. The Balaban J connectivity index is 1.41. The number of anilines is 2. The van der Waals surface area contributed by atoms with E-state index in [9.17, 15) is 26.7 Å². The smallest absolute Gasteiger partial charge is 0.406 e. The lowest BCUT2D eigenvalue weighted by atomic mass is 9.96. The maximum Gasteiger partial charge on any atom is 0.573 e. The first-order valence-corrected chi connectivity index (χ1v) is 13.3. The zero-order valence-corrected chi connectivity index (χ0v) is 20.5. The molecule has 2 aliphatic rings. The van der Waals surface area contributed by atoms with Crippen molar-refractivity contribution in [2.45, 2.75) is 42.3 Å². The number of nitrogens with zero attached hydrogens (tertiary/aromatic N) is 1. The highest BCUT2D eigenvalue weighted by atomic mass is 32.2. The third kappa shape index (κ3) is 5.45. The molecule has 0 aliphatic carbocycles. The van der Waals surface area contributed by atoms with E-state index in [1.165, 1.54) is 0 Å². The molecule has 0 amide bonds. The summed E-state index contributed by atoms with van der Waals surface area (Å²) in [4.78, 5) is 1.85. The summed E-state index contributed by atoms with van der Waals surface area (Å²) in [5.41, 5.74) is 4.19. The third-order valence-electron chi connectivity index (χ3n) is 6.70. The van der Waals surface area contributed by atoms with Gasteiger partial charge in [0.1, 0.15) is 5.75 Å². The zero-order chi connectivity index (χ0) is 26.2. The minimum absolute atomic E-state index is 0.184. The zero-order valence-electron chi connectivity index (χ0n) is 19.6. The summed E-state index contributed by atoms with van der Waals surface area (Å²) in [5, 5.41) is 14.7. The molecule has 1 fully saturated rings. The Labute approximate surface area is 212 Å². The van der Waals surface area contributed by atoms with E-state index in [1.54, 1.807) is 0 Å². The second-order valence-electron chi connectivity index (χ2n) is 9.09. The quantitative estimate of drug-likeness (QED) is 0.465. The van der Waals surface area contributed by atoms with E-state index in [1.807, 2.05) is 36.4 Å². The Kier molecular flexibility index (Phi) is 6.88. The van der Waals surface area contributed by atoms with E-state index >= 15 is 0 Å². The van der Waals surface area contributed by atoms with Crippen molar-refractivity contribution >= 4 is 21.4 Å². The second kappa shape index (κ2) is 9.97. The van der Waals surface area contributed by atoms with E-state index < -0.39 is 40.3 Å². The molecule has 0 saturated carbocycles. The summed E-state index contributed by atoms with van der Waals surface area (Å²) in [6.45, 7) is 0.606. The highest BCUT2D eigenvalue weighted by molar-refractivity contribution is 7.89. The van der Waals surface area contributed by atoms with Crippen LogP contribution in [0.2, 0.25) is 0 Å². The molecule has 5 rings (SSSR count). The van der Waals surface area contributed by atoms with Gasteiger partial charge in [0.25, 0.3) is 0 Å². The molecule has 0 spiro atoms. The largest absolute Gasteiger partial charge is 0.573 e. The van der Waals surface area contributed by atoms with E-state index in [4.69, 9.17) is 0 Å². The van der Waals surface area contributed by atoms with Gasteiger partial charge in [-0.1, -0.05) is 36.4 Å². The lowest BCUT2D eigenvalue weighted by molar-refractivity contribution is -0.274. The number of fused-ring (bicyclic) bond motifs is 2. The van der Waals surface area contributed by atoms with Gasteiger partial charge in [-0.25, -0.2) is 13.1 Å². The van der Waals surface area contributed by atoms with Crippen molar-refractivity contribution in [1.82, 2.24) is 10.0 Å². The third-order valence-corrected chi connectivity index (χ3v) is 8.20. The molecule has 1 saturated heterocycles. The van der Waals surface area contributed by atoms with Crippen LogP contribution in [0.25, 0.3) is 0 Å². The molecule has 0 bridgehead atoms. The summed E-state index contributed by atoms with van der Waals surface area (Å²) < 4.78 is 69.8. The van der Waals surface area contributed by atoms with Gasteiger partial charge in [0.2, 0.25) is 10.0 Å². The van der Waals surface area contributed by atoms with E-state index in [2.05, 4.69) is 31.8 Å². The number of para-hydroxylation sites is 2. The standard InChI is InChI=1S/C26H26F3N3O4S/c27-26(28,29)36-19-11-13-20(14-12-19)37(34,35)31-21-15-30-16-24(25(21)33)32-22-7-3-1-5-17(22)9-10-18-6-2-4-8-23(18)32/h1-8,11-14,21,24-25,30-31,33H,9-10,15-16H2/t21-,24?,25+/m1/s1. The lowest BCUT2D eigenvalue weighted by Crippen LogP contribution is -2.64. The molecule has 1 unspecified atom stereocenters. The minimum Gasteiger partial charge on any atom is -0.406 e. The summed E-state index contributed by atoms with van der Waals surface area (Å²) in [5.74, 6) is -0.524. The number of ether oxygens (including phenoxy) is 1. The van der Waals surface area contributed by atoms with Crippen molar-refractivity contribution in [3.05, 3.63) is 83.9 Å². The fourth-order valence-corrected chi connectivity index (χ4v) is 6.26. The topological polar surface area (TPSA) is 90.9 Å². The van der Waals surface area contributed by atoms with Crippen molar-refractivity contribution in [1.29, 1.82) is 0 Å². The van der Waals surface area contributed by atoms with Crippen LogP contribution in [-0.2, 0) is 22.9 Å². The Morgan fingerprint density at radius 3 is 2.03 bits per heavy atom. The number of aliphatic hydroxyl groups excluding tert-OH is 1. The van der Waals surface area contributed by atoms with Gasteiger partial charge in [-0.3, -0.25) is 0 Å². The maximum atomic E-state index is 13.1. The van der Waals surface area contributed by atoms with Crippen LogP contribution in [-0.4, -0.2) is 51.2 Å².